The third-order valence-electron chi connectivity index (χ3n) is 2.01. The molecule has 15 heavy (non-hydrogen) atoms. The Hall–Kier alpha value is -0.870. The molecule has 0 fully saturated rings. The van der Waals surface area contributed by atoms with Crippen molar-refractivity contribution in [2.75, 3.05) is 0 Å². The van der Waals surface area contributed by atoms with E-state index >= 15 is 0 Å². The normalized spacial score (nSPS) is 16.4. The SMILES string of the molecule is CC(N)C(OC(C)(C)C)c1cnn(C)c1. The number of nitrogens with zero attached hydrogens (tertiary/aromatic N) is 2. The number of rotatable bonds is 3. The summed E-state index contributed by atoms with van der Waals surface area (Å²) in [5, 5.41) is 4.13. The largest absolute Gasteiger partial charge is 0.366 e. The lowest BCUT2D eigenvalue weighted by Gasteiger charge is -2.29. The lowest BCUT2D eigenvalue weighted by Crippen LogP contribution is -2.33. The fraction of sp³-hybridized carbons (Fsp3) is 0.727. The molecule has 0 aliphatic heterocycles. The standard InChI is InChI=1S/C11H21N3O/c1-8(12)10(15-11(2,3)4)9-6-13-14(5)7-9/h6-8,10H,12H2,1-5H3. The van der Waals surface area contributed by atoms with Crippen LogP contribution in [0.1, 0.15) is 39.4 Å². The number of aryl methyl sites for hydroxylation is 1. The predicted molar refractivity (Wildman–Crippen MR) is 60.4 cm³/mol. The lowest BCUT2D eigenvalue weighted by molar-refractivity contribution is -0.0701. The summed E-state index contributed by atoms with van der Waals surface area (Å²) in [7, 11) is 1.89. The highest BCUT2D eigenvalue weighted by molar-refractivity contribution is 5.10. The molecule has 86 valence electrons. The van der Waals surface area contributed by atoms with Crippen molar-refractivity contribution in [1.82, 2.24) is 9.78 Å². The second-order valence-corrected chi connectivity index (χ2v) is 4.96. The number of hydrogen-bond acceptors (Lipinski definition) is 3. The highest BCUT2D eigenvalue weighted by Gasteiger charge is 2.24. The molecule has 2 atom stereocenters. The molecule has 0 aliphatic carbocycles. The van der Waals surface area contributed by atoms with E-state index in [2.05, 4.69) is 5.10 Å². The number of ether oxygens (including phenoxy) is 1. The van der Waals surface area contributed by atoms with Crippen molar-refractivity contribution in [2.45, 2.75) is 45.4 Å². The topological polar surface area (TPSA) is 53.1 Å². The molecule has 1 heterocycles. The van der Waals surface area contributed by atoms with Gasteiger partial charge in [-0.05, 0) is 27.7 Å². The van der Waals surface area contributed by atoms with Crippen LogP contribution in [0.15, 0.2) is 12.4 Å². The van der Waals surface area contributed by atoms with Gasteiger partial charge in [-0.15, -0.1) is 0 Å². The van der Waals surface area contributed by atoms with Crippen molar-refractivity contribution in [3.05, 3.63) is 18.0 Å². The molecule has 0 aromatic carbocycles. The molecule has 0 radical (unpaired) electrons. The average molecular weight is 211 g/mol. The quantitative estimate of drug-likeness (QED) is 0.826. The zero-order valence-electron chi connectivity index (χ0n) is 10.2. The van der Waals surface area contributed by atoms with Gasteiger partial charge in [0.15, 0.2) is 0 Å². The van der Waals surface area contributed by atoms with Gasteiger partial charge in [-0.1, -0.05) is 0 Å². The molecule has 0 saturated carbocycles. The van der Waals surface area contributed by atoms with Gasteiger partial charge in [0.2, 0.25) is 0 Å². The molecule has 1 rings (SSSR count). The van der Waals surface area contributed by atoms with E-state index in [1.54, 1.807) is 10.9 Å². The third kappa shape index (κ3) is 3.64. The minimum Gasteiger partial charge on any atom is -0.366 e. The summed E-state index contributed by atoms with van der Waals surface area (Å²) < 4.78 is 7.68. The summed E-state index contributed by atoms with van der Waals surface area (Å²) >= 11 is 0. The number of nitrogens with two attached hydrogens (primary N) is 1. The first kappa shape index (κ1) is 12.2. The van der Waals surface area contributed by atoms with Crippen molar-refractivity contribution >= 4 is 0 Å². The Balaban J connectivity index is 2.84. The first-order valence-corrected chi connectivity index (χ1v) is 5.21. The Bertz CT molecular complexity index is 312. The van der Waals surface area contributed by atoms with Crippen LogP contribution in [0.5, 0.6) is 0 Å². The minimum atomic E-state index is -0.200. The van der Waals surface area contributed by atoms with E-state index in [-0.39, 0.29) is 17.7 Å². The monoisotopic (exact) mass is 211 g/mol. The maximum atomic E-state index is 5.92. The van der Waals surface area contributed by atoms with Gasteiger partial charge in [0.25, 0.3) is 0 Å². The van der Waals surface area contributed by atoms with Gasteiger partial charge in [0, 0.05) is 24.8 Å². The minimum absolute atomic E-state index is 0.0478. The predicted octanol–water partition coefficient (Wildman–Crippen LogP) is 1.62. The van der Waals surface area contributed by atoms with Crippen molar-refractivity contribution in [3.8, 4) is 0 Å². The fourth-order valence-electron chi connectivity index (χ4n) is 1.45. The zero-order chi connectivity index (χ0) is 11.6. The lowest BCUT2D eigenvalue weighted by atomic mass is 10.1. The van der Waals surface area contributed by atoms with Crippen molar-refractivity contribution in [2.24, 2.45) is 12.8 Å². The van der Waals surface area contributed by atoms with Gasteiger partial charge < -0.3 is 10.5 Å². The highest BCUT2D eigenvalue weighted by Crippen LogP contribution is 2.25. The second-order valence-electron chi connectivity index (χ2n) is 4.96. The summed E-state index contributed by atoms with van der Waals surface area (Å²) in [6, 6.07) is -0.0478. The van der Waals surface area contributed by atoms with Crippen LogP contribution in [0, 0.1) is 0 Å². The molecule has 1 aromatic heterocycles. The van der Waals surface area contributed by atoms with Gasteiger partial charge >= 0.3 is 0 Å². The van der Waals surface area contributed by atoms with Gasteiger partial charge in [0.1, 0.15) is 6.10 Å². The Kier molecular flexibility index (Phi) is 3.52. The van der Waals surface area contributed by atoms with Crippen LogP contribution in [0.4, 0.5) is 0 Å². The highest BCUT2D eigenvalue weighted by atomic mass is 16.5. The molecule has 1 aromatic rings. The molecule has 0 aliphatic rings. The van der Waals surface area contributed by atoms with Gasteiger partial charge in [-0.2, -0.15) is 5.10 Å². The molecule has 0 saturated heterocycles. The van der Waals surface area contributed by atoms with Crippen LogP contribution >= 0.6 is 0 Å². The molecule has 0 amide bonds. The Morgan fingerprint density at radius 3 is 2.40 bits per heavy atom. The zero-order valence-corrected chi connectivity index (χ0v) is 10.2. The smallest absolute Gasteiger partial charge is 0.101 e. The molecule has 0 bridgehead atoms. The molecule has 2 unspecified atom stereocenters. The Labute approximate surface area is 91.4 Å². The Morgan fingerprint density at radius 1 is 1.47 bits per heavy atom. The van der Waals surface area contributed by atoms with E-state index in [9.17, 15) is 0 Å². The molecule has 2 N–H and O–H groups in total. The van der Waals surface area contributed by atoms with Crippen LogP contribution in [0.25, 0.3) is 0 Å². The Morgan fingerprint density at radius 2 is 2.07 bits per heavy atom. The molecule has 4 nitrogen and oxygen atoms in total. The summed E-state index contributed by atoms with van der Waals surface area (Å²) in [5.74, 6) is 0. The summed E-state index contributed by atoms with van der Waals surface area (Å²) in [6.07, 6.45) is 3.65. The van der Waals surface area contributed by atoms with Gasteiger partial charge in [-0.25, -0.2) is 0 Å². The third-order valence-corrected chi connectivity index (χ3v) is 2.01. The second kappa shape index (κ2) is 4.33. The summed E-state index contributed by atoms with van der Waals surface area (Å²) in [5.41, 5.74) is 6.75. The number of aromatic nitrogens is 2. The van der Waals surface area contributed by atoms with Crippen molar-refractivity contribution < 1.29 is 4.74 Å². The van der Waals surface area contributed by atoms with Crippen molar-refractivity contribution in [1.29, 1.82) is 0 Å². The first-order chi connectivity index (χ1) is 6.79. The molecule has 0 spiro atoms. The van der Waals surface area contributed by atoms with E-state index < -0.39 is 0 Å². The maximum absolute atomic E-state index is 5.92. The van der Waals surface area contributed by atoms with Crippen LogP contribution in [-0.2, 0) is 11.8 Å². The van der Waals surface area contributed by atoms with Crippen LogP contribution in [0.2, 0.25) is 0 Å². The molecule has 4 heteroatoms. The van der Waals surface area contributed by atoms with Crippen LogP contribution in [0.3, 0.4) is 0 Å². The molecular formula is C11H21N3O. The van der Waals surface area contributed by atoms with Crippen LogP contribution in [-0.4, -0.2) is 21.4 Å². The maximum Gasteiger partial charge on any atom is 0.101 e. The fourth-order valence-corrected chi connectivity index (χ4v) is 1.45. The van der Waals surface area contributed by atoms with E-state index in [0.29, 0.717) is 0 Å². The van der Waals surface area contributed by atoms with Gasteiger partial charge in [0.05, 0.1) is 11.8 Å². The van der Waals surface area contributed by atoms with E-state index in [0.717, 1.165) is 5.56 Å². The van der Waals surface area contributed by atoms with E-state index in [1.807, 2.05) is 40.9 Å². The van der Waals surface area contributed by atoms with Crippen LogP contribution < -0.4 is 5.73 Å². The van der Waals surface area contributed by atoms with Crippen molar-refractivity contribution in [3.63, 3.8) is 0 Å². The summed E-state index contributed by atoms with van der Waals surface area (Å²) in [6.45, 7) is 8.03. The molecular weight excluding hydrogens is 190 g/mol. The average Bonchev–Trinajstić information content (AvgIpc) is 2.45. The van der Waals surface area contributed by atoms with E-state index in [1.165, 1.54) is 0 Å². The number of hydrogen-bond donors (Lipinski definition) is 1. The van der Waals surface area contributed by atoms with Gasteiger partial charge in [-0.3, -0.25) is 4.68 Å². The van der Waals surface area contributed by atoms with E-state index in [4.69, 9.17) is 10.5 Å². The summed E-state index contributed by atoms with van der Waals surface area (Å²) in [4.78, 5) is 0. The first-order valence-electron chi connectivity index (χ1n) is 5.21.